The molecule has 6 nitrogen and oxygen atoms in total. The molecule has 26 heavy (non-hydrogen) atoms. The van der Waals surface area contributed by atoms with Gasteiger partial charge in [0.2, 0.25) is 0 Å². The maximum atomic E-state index is 5.57. The third-order valence-corrected chi connectivity index (χ3v) is 4.63. The van der Waals surface area contributed by atoms with Gasteiger partial charge >= 0.3 is 0 Å². The fourth-order valence-electron chi connectivity index (χ4n) is 2.99. The molecule has 1 aliphatic heterocycles. The van der Waals surface area contributed by atoms with Crippen LogP contribution in [0.4, 0.5) is 5.82 Å². The lowest BCUT2D eigenvalue weighted by atomic mass is 9.89. The number of halogens is 1. The summed E-state index contributed by atoms with van der Waals surface area (Å²) in [4.78, 5) is 11.2. The molecule has 148 valence electrons. The zero-order valence-corrected chi connectivity index (χ0v) is 19.0. The van der Waals surface area contributed by atoms with Gasteiger partial charge in [-0.1, -0.05) is 26.8 Å². The van der Waals surface area contributed by atoms with Gasteiger partial charge in [-0.2, -0.15) is 0 Å². The van der Waals surface area contributed by atoms with Gasteiger partial charge in [0.15, 0.2) is 5.96 Å². The van der Waals surface area contributed by atoms with Crippen molar-refractivity contribution in [2.24, 2.45) is 10.4 Å². The fourth-order valence-corrected chi connectivity index (χ4v) is 2.99. The predicted molar refractivity (Wildman–Crippen MR) is 120 cm³/mol. The SMILES string of the molecule is CN=C(NCc1ccc(N2CCCC2)nc1)NCC(OC)C(C)(C)C.I. The Morgan fingerprint density at radius 3 is 2.46 bits per heavy atom. The number of guanidine groups is 1. The number of aromatic nitrogens is 1. The van der Waals surface area contributed by atoms with E-state index in [4.69, 9.17) is 4.74 Å². The zero-order chi connectivity index (χ0) is 18.3. The lowest BCUT2D eigenvalue weighted by molar-refractivity contribution is 0.0205. The summed E-state index contributed by atoms with van der Waals surface area (Å²) in [5.41, 5.74) is 1.22. The van der Waals surface area contributed by atoms with Crippen molar-refractivity contribution in [3.05, 3.63) is 23.9 Å². The molecule has 1 aliphatic rings. The number of hydrogen-bond acceptors (Lipinski definition) is 4. The Morgan fingerprint density at radius 1 is 1.27 bits per heavy atom. The van der Waals surface area contributed by atoms with Crippen LogP contribution in [-0.4, -0.2) is 50.8 Å². The third-order valence-electron chi connectivity index (χ3n) is 4.63. The maximum absolute atomic E-state index is 5.57. The third kappa shape index (κ3) is 6.90. The minimum absolute atomic E-state index is 0. The first-order valence-electron chi connectivity index (χ1n) is 9.11. The van der Waals surface area contributed by atoms with Crippen molar-refractivity contribution in [1.29, 1.82) is 0 Å². The van der Waals surface area contributed by atoms with Crippen LogP contribution >= 0.6 is 24.0 Å². The molecule has 0 amide bonds. The van der Waals surface area contributed by atoms with Gasteiger partial charge in [-0.3, -0.25) is 4.99 Å². The molecular formula is C19H34IN5O. The van der Waals surface area contributed by atoms with Crippen molar-refractivity contribution < 1.29 is 4.74 Å². The second-order valence-corrected chi connectivity index (χ2v) is 7.62. The Kier molecular flexibility index (Phi) is 9.63. The van der Waals surface area contributed by atoms with E-state index in [1.54, 1.807) is 14.2 Å². The van der Waals surface area contributed by atoms with E-state index in [1.165, 1.54) is 12.8 Å². The quantitative estimate of drug-likeness (QED) is 0.377. The molecule has 1 unspecified atom stereocenters. The molecule has 0 aromatic carbocycles. The van der Waals surface area contributed by atoms with Crippen LogP contribution in [0, 0.1) is 5.41 Å². The average Bonchev–Trinajstić information content (AvgIpc) is 3.12. The van der Waals surface area contributed by atoms with E-state index in [0.29, 0.717) is 13.1 Å². The molecule has 0 spiro atoms. The van der Waals surface area contributed by atoms with Crippen molar-refractivity contribution in [1.82, 2.24) is 15.6 Å². The van der Waals surface area contributed by atoms with Crippen LogP contribution in [-0.2, 0) is 11.3 Å². The van der Waals surface area contributed by atoms with Gasteiger partial charge in [0.1, 0.15) is 5.82 Å². The standard InChI is InChI=1S/C19H33N5O.HI/c1-19(2,3)16(25-5)14-23-18(20-4)22-13-15-8-9-17(21-12-15)24-10-6-7-11-24;/h8-9,12,16H,6-7,10-11,13-14H2,1-5H3,(H2,20,22,23);1H. The molecule has 7 heteroatoms. The molecule has 1 fully saturated rings. The first kappa shape index (κ1) is 23.0. The van der Waals surface area contributed by atoms with Crippen molar-refractivity contribution in [3.8, 4) is 0 Å². The maximum Gasteiger partial charge on any atom is 0.191 e. The van der Waals surface area contributed by atoms with E-state index in [2.05, 4.69) is 58.4 Å². The highest BCUT2D eigenvalue weighted by molar-refractivity contribution is 14.0. The van der Waals surface area contributed by atoms with Crippen LogP contribution in [0.1, 0.15) is 39.2 Å². The predicted octanol–water partition coefficient (Wildman–Crippen LogP) is 3.03. The van der Waals surface area contributed by atoms with Gasteiger partial charge in [-0.05, 0) is 29.9 Å². The lowest BCUT2D eigenvalue weighted by Crippen LogP contribution is -2.45. The minimum Gasteiger partial charge on any atom is -0.379 e. The number of nitrogens with zero attached hydrogens (tertiary/aromatic N) is 3. The number of ether oxygens (including phenoxy) is 1. The molecule has 0 aliphatic carbocycles. The Balaban J connectivity index is 0.00000338. The van der Waals surface area contributed by atoms with Crippen molar-refractivity contribution in [2.75, 3.05) is 38.7 Å². The van der Waals surface area contributed by atoms with Gasteiger partial charge in [-0.15, -0.1) is 24.0 Å². The average molecular weight is 475 g/mol. The largest absolute Gasteiger partial charge is 0.379 e. The summed E-state index contributed by atoms with van der Waals surface area (Å²) in [6, 6.07) is 4.24. The molecule has 2 N–H and O–H groups in total. The summed E-state index contributed by atoms with van der Waals surface area (Å²) in [5.74, 6) is 1.85. The second kappa shape index (κ2) is 10.9. The number of aliphatic imine (C=N–C) groups is 1. The summed E-state index contributed by atoms with van der Waals surface area (Å²) >= 11 is 0. The van der Waals surface area contributed by atoms with Crippen LogP contribution in [0.2, 0.25) is 0 Å². The Morgan fingerprint density at radius 2 is 1.96 bits per heavy atom. The van der Waals surface area contributed by atoms with Gasteiger partial charge < -0.3 is 20.3 Å². The van der Waals surface area contributed by atoms with E-state index in [9.17, 15) is 0 Å². The molecule has 2 rings (SSSR count). The minimum atomic E-state index is 0. The van der Waals surface area contributed by atoms with Crippen LogP contribution < -0.4 is 15.5 Å². The van der Waals surface area contributed by atoms with Gasteiger partial charge in [0.25, 0.3) is 0 Å². The monoisotopic (exact) mass is 475 g/mol. The molecule has 1 saturated heterocycles. The van der Waals surface area contributed by atoms with Crippen LogP contribution in [0.5, 0.6) is 0 Å². The summed E-state index contributed by atoms with van der Waals surface area (Å²) < 4.78 is 5.57. The van der Waals surface area contributed by atoms with Gasteiger partial charge in [0, 0.05) is 46.5 Å². The number of anilines is 1. The normalized spacial score (nSPS) is 16.2. The molecule has 1 aromatic rings. The smallest absolute Gasteiger partial charge is 0.191 e. The highest BCUT2D eigenvalue weighted by Gasteiger charge is 2.24. The Labute approximate surface area is 175 Å². The first-order chi connectivity index (χ1) is 11.9. The molecule has 0 saturated carbocycles. The Bertz CT molecular complexity index is 550. The van der Waals surface area contributed by atoms with E-state index in [0.717, 1.165) is 30.4 Å². The number of pyridine rings is 1. The molecule has 2 heterocycles. The van der Waals surface area contributed by atoms with Crippen molar-refractivity contribution in [2.45, 2.75) is 46.3 Å². The molecule has 1 aromatic heterocycles. The van der Waals surface area contributed by atoms with E-state index in [-0.39, 0.29) is 35.5 Å². The lowest BCUT2D eigenvalue weighted by Gasteiger charge is -2.30. The van der Waals surface area contributed by atoms with E-state index >= 15 is 0 Å². The van der Waals surface area contributed by atoms with Crippen molar-refractivity contribution in [3.63, 3.8) is 0 Å². The topological polar surface area (TPSA) is 61.8 Å². The van der Waals surface area contributed by atoms with Crippen molar-refractivity contribution >= 4 is 35.8 Å². The number of methoxy groups -OCH3 is 1. The summed E-state index contributed by atoms with van der Waals surface area (Å²) in [6.45, 7) is 10.2. The molecular weight excluding hydrogens is 441 g/mol. The second-order valence-electron chi connectivity index (χ2n) is 7.62. The van der Waals surface area contributed by atoms with E-state index < -0.39 is 0 Å². The highest BCUT2D eigenvalue weighted by Crippen LogP contribution is 2.21. The van der Waals surface area contributed by atoms with Gasteiger partial charge in [-0.25, -0.2) is 4.98 Å². The molecule has 1 atom stereocenters. The summed E-state index contributed by atoms with van der Waals surface area (Å²) in [6.07, 6.45) is 4.60. The number of rotatable bonds is 6. The Hall–Kier alpha value is -1.09. The highest BCUT2D eigenvalue weighted by atomic mass is 127. The number of nitrogens with one attached hydrogen (secondary N) is 2. The van der Waals surface area contributed by atoms with Crippen LogP contribution in [0.15, 0.2) is 23.3 Å². The summed E-state index contributed by atoms with van der Waals surface area (Å²) in [5, 5.41) is 6.67. The fraction of sp³-hybridized carbons (Fsp3) is 0.684. The first-order valence-corrected chi connectivity index (χ1v) is 9.11. The number of hydrogen-bond donors (Lipinski definition) is 2. The summed E-state index contributed by atoms with van der Waals surface area (Å²) in [7, 11) is 3.53. The van der Waals surface area contributed by atoms with Crippen LogP contribution in [0.3, 0.4) is 0 Å². The van der Waals surface area contributed by atoms with E-state index in [1.807, 2.05) is 6.20 Å². The zero-order valence-electron chi connectivity index (χ0n) is 16.7. The van der Waals surface area contributed by atoms with Gasteiger partial charge in [0.05, 0.1) is 6.10 Å². The molecule has 0 bridgehead atoms. The van der Waals surface area contributed by atoms with Crippen LogP contribution in [0.25, 0.3) is 0 Å². The molecule has 0 radical (unpaired) electrons.